The van der Waals surface area contributed by atoms with Crippen LogP contribution in [0.15, 0.2) is 42.1 Å². The normalized spacial score (nSPS) is 10.4. The second kappa shape index (κ2) is 5.97. The van der Waals surface area contributed by atoms with E-state index in [2.05, 4.69) is 30.8 Å². The SMILES string of the molecule is C=CCCON=Cc1cccc(C)c1. The molecule has 2 nitrogen and oxygen atoms in total. The number of benzene rings is 1. The maximum Gasteiger partial charge on any atom is 0.120 e. The second-order valence-electron chi connectivity index (χ2n) is 3.06. The smallest absolute Gasteiger partial charge is 0.120 e. The van der Waals surface area contributed by atoms with Gasteiger partial charge in [-0.15, -0.1) is 6.58 Å². The Morgan fingerprint density at radius 3 is 3.07 bits per heavy atom. The van der Waals surface area contributed by atoms with Crippen molar-refractivity contribution >= 4 is 6.21 Å². The monoisotopic (exact) mass is 189 g/mol. The molecule has 74 valence electrons. The van der Waals surface area contributed by atoms with Crippen molar-refractivity contribution in [3.63, 3.8) is 0 Å². The first-order chi connectivity index (χ1) is 6.83. The van der Waals surface area contributed by atoms with Crippen LogP contribution in [0.5, 0.6) is 0 Å². The van der Waals surface area contributed by atoms with E-state index in [-0.39, 0.29) is 0 Å². The molecule has 0 unspecified atom stereocenters. The molecule has 0 amide bonds. The van der Waals surface area contributed by atoms with Crippen LogP contribution in [0, 0.1) is 6.92 Å². The van der Waals surface area contributed by atoms with Gasteiger partial charge in [-0.3, -0.25) is 0 Å². The number of nitrogens with zero attached hydrogens (tertiary/aromatic N) is 1. The van der Waals surface area contributed by atoms with E-state index < -0.39 is 0 Å². The van der Waals surface area contributed by atoms with Crippen LogP contribution in [0.1, 0.15) is 17.5 Å². The molecule has 0 fully saturated rings. The Balaban J connectivity index is 2.39. The summed E-state index contributed by atoms with van der Waals surface area (Å²) < 4.78 is 0. The van der Waals surface area contributed by atoms with Gasteiger partial charge in [-0.25, -0.2) is 0 Å². The molecule has 0 aliphatic carbocycles. The van der Waals surface area contributed by atoms with Crippen molar-refractivity contribution in [1.29, 1.82) is 0 Å². The Morgan fingerprint density at radius 2 is 2.36 bits per heavy atom. The number of hydrogen-bond donors (Lipinski definition) is 0. The van der Waals surface area contributed by atoms with Crippen molar-refractivity contribution in [1.82, 2.24) is 0 Å². The predicted octanol–water partition coefficient (Wildman–Crippen LogP) is 2.92. The summed E-state index contributed by atoms with van der Waals surface area (Å²) >= 11 is 0. The van der Waals surface area contributed by atoms with Gasteiger partial charge in [-0.05, 0) is 12.5 Å². The van der Waals surface area contributed by atoms with E-state index in [1.165, 1.54) is 5.56 Å². The predicted molar refractivity (Wildman–Crippen MR) is 59.5 cm³/mol. The van der Waals surface area contributed by atoms with Crippen molar-refractivity contribution in [3.8, 4) is 0 Å². The highest BCUT2D eigenvalue weighted by molar-refractivity contribution is 5.79. The molecule has 0 heterocycles. The van der Waals surface area contributed by atoms with E-state index in [0.717, 1.165) is 12.0 Å². The molecule has 0 saturated carbocycles. The van der Waals surface area contributed by atoms with Gasteiger partial charge in [0.1, 0.15) is 6.61 Å². The topological polar surface area (TPSA) is 21.6 Å². The van der Waals surface area contributed by atoms with Crippen LogP contribution >= 0.6 is 0 Å². The van der Waals surface area contributed by atoms with Gasteiger partial charge in [0.25, 0.3) is 0 Å². The van der Waals surface area contributed by atoms with Gasteiger partial charge in [0.15, 0.2) is 0 Å². The lowest BCUT2D eigenvalue weighted by Crippen LogP contribution is -1.87. The third kappa shape index (κ3) is 3.90. The molecule has 0 aromatic heterocycles. The molecule has 14 heavy (non-hydrogen) atoms. The zero-order chi connectivity index (χ0) is 10.2. The lowest BCUT2D eigenvalue weighted by Gasteiger charge is -1.96. The minimum absolute atomic E-state index is 0.589. The highest BCUT2D eigenvalue weighted by Gasteiger charge is 1.87. The van der Waals surface area contributed by atoms with Crippen LogP contribution in [0.3, 0.4) is 0 Å². The quantitative estimate of drug-likeness (QED) is 0.302. The fraction of sp³-hybridized carbons (Fsp3) is 0.250. The van der Waals surface area contributed by atoms with E-state index in [1.54, 1.807) is 6.21 Å². The molecule has 0 radical (unpaired) electrons. The molecular weight excluding hydrogens is 174 g/mol. The number of aryl methyl sites for hydroxylation is 1. The lowest BCUT2D eigenvalue weighted by molar-refractivity contribution is 0.151. The summed E-state index contributed by atoms with van der Waals surface area (Å²) in [6, 6.07) is 8.10. The van der Waals surface area contributed by atoms with E-state index in [1.807, 2.05) is 18.2 Å². The summed E-state index contributed by atoms with van der Waals surface area (Å²) in [6.07, 6.45) is 4.35. The Kier molecular flexibility index (Phi) is 4.48. The van der Waals surface area contributed by atoms with Gasteiger partial charge in [-0.1, -0.05) is 41.1 Å². The van der Waals surface area contributed by atoms with E-state index in [0.29, 0.717) is 6.61 Å². The van der Waals surface area contributed by atoms with Gasteiger partial charge in [0.2, 0.25) is 0 Å². The summed E-state index contributed by atoms with van der Waals surface area (Å²) in [5.74, 6) is 0. The van der Waals surface area contributed by atoms with Crippen LogP contribution in [0.25, 0.3) is 0 Å². The van der Waals surface area contributed by atoms with Crippen LogP contribution in [0.2, 0.25) is 0 Å². The van der Waals surface area contributed by atoms with Gasteiger partial charge in [0, 0.05) is 6.42 Å². The maximum atomic E-state index is 5.02. The molecule has 2 heteroatoms. The minimum atomic E-state index is 0.589. The molecule has 1 aromatic rings. The van der Waals surface area contributed by atoms with E-state index >= 15 is 0 Å². The summed E-state index contributed by atoms with van der Waals surface area (Å²) in [4.78, 5) is 5.02. The Morgan fingerprint density at radius 1 is 1.50 bits per heavy atom. The van der Waals surface area contributed by atoms with Crippen molar-refractivity contribution < 1.29 is 4.84 Å². The first kappa shape index (κ1) is 10.5. The molecule has 0 N–H and O–H groups in total. The molecule has 0 aliphatic rings. The van der Waals surface area contributed by atoms with Crippen molar-refractivity contribution in [3.05, 3.63) is 48.0 Å². The van der Waals surface area contributed by atoms with Crippen LogP contribution < -0.4 is 0 Å². The molecule has 0 spiro atoms. The largest absolute Gasteiger partial charge is 0.395 e. The van der Waals surface area contributed by atoms with Crippen molar-refractivity contribution in [2.45, 2.75) is 13.3 Å². The Bertz CT molecular complexity index is 318. The van der Waals surface area contributed by atoms with Crippen LogP contribution in [-0.2, 0) is 4.84 Å². The average molecular weight is 189 g/mol. The average Bonchev–Trinajstić information content (AvgIpc) is 2.18. The molecule has 0 bridgehead atoms. The van der Waals surface area contributed by atoms with Gasteiger partial charge < -0.3 is 4.84 Å². The van der Waals surface area contributed by atoms with Crippen LogP contribution in [-0.4, -0.2) is 12.8 Å². The highest BCUT2D eigenvalue weighted by atomic mass is 16.6. The number of oxime groups is 1. The van der Waals surface area contributed by atoms with Gasteiger partial charge >= 0.3 is 0 Å². The number of rotatable bonds is 5. The summed E-state index contributed by atoms with van der Waals surface area (Å²) in [6.45, 7) is 6.24. The van der Waals surface area contributed by atoms with Crippen molar-refractivity contribution in [2.75, 3.05) is 6.61 Å². The zero-order valence-electron chi connectivity index (χ0n) is 8.44. The maximum absolute atomic E-state index is 5.02. The zero-order valence-corrected chi connectivity index (χ0v) is 8.44. The molecule has 1 rings (SSSR count). The van der Waals surface area contributed by atoms with E-state index in [9.17, 15) is 0 Å². The fourth-order valence-corrected chi connectivity index (χ4v) is 1.04. The molecule has 0 atom stereocenters. The van der Waals surface area contributed by atoms with E-state index in [4.69, 9.17) is 4.84 Å². The standard InChI is InChI=1S/C12H15NO/c1-3-4-8-14-13-10-12-7-5-6-11(2)9-12/h3,5-7,9-10H,1,4,8H2,2H3. The second-order valence-corrected chi connectivity index (χ2v) is 3.06. The fourth-order valence-electron chi connectivity index (χ4n) is 1.04. The first-order valence-electron chi connectivity index (χ1n) is 4.66. The Hall–Kier alpha value is -1.57. The first-order valence-corrected chi connectivity index (χ1v) is 4.66. The Labute approximate surface area is 84.9 Å². The number of hydrogen-bond acceptors (Lipinski definition) is 2. The molecule has 0 saturated heterocycles. The highest BCUT2D eigenvalue weighted by Crippen LogP contribution is 2.00. The lowest BCUT2D eigenvalue weighted by atomic mass is 10.2. The summed E-state index contributed by atoms with van der Waals surface area (Å²) in [5.41, 5.74) is 2.28. The van der Waals surface area contributed by atoms with Gasteiger partial charge in [-0.2, -0.15) is 0 Å². The molecule has 0 aliphatic heterocycles. The third-order valence-corrected chi connectivity index (χ3v) is 1.73. The van der Waals surface area contributed by atoms with Gasteiger partial charge in [0.05, 0.1) is 6.21 Å². The third-order valence-electron chi connectivity index (χ3n) is 1.73. The van der Waals surface area contributed by atoms with Crippen LogP contribution in [0.4, 0.5) is 0 Å². The van der Waals surface area contributed by atoms with Crippen molar-refractivity contribution in [2.24, 2.45) is 5.16 Å². The molecular formula is C12H15NO. The minimum Gasteiger partial charge on any atom is -0.395 e. The summed E-state index contributed by atoms with van der Waals surface area (Å²) in [5, 5.41) is 3.85. The molecule has 1 aromatic carbocycles. The summed E-state index contributed by atoms with van der Waals surface area (Å²) in [7, 11) is 0.